The number of rotatable bonds is 6. The average molecular weight is 226 g/mol. The molecule has 1 rings (SSSR count). The van der Waals surface area contributed by atoms with E-state index in [1.54, 1.807) is 6.08 Å². The Morgan fingerprint density at radius 3 is 2.62 bits per heavy atom. The summed E-state index contributed by atoms with van der Waals surface area (Å²) in [5.74, 6) is -0.827. The largest absolute Gasteiger partial charge is 0.481 e. The van der Waals surface area contributed by atoms with Crippen LogP contribution in [0.1, 0.15) is 26.2 Å². The van der Waals surface area contributed by atoms with Crippen LogP contribution in [0.4, 0.5) is 4.79 Å². The Morgan fingerprint density at radius 2 is 2.19 bits per heavy atom. The molecule has 2 amide bonds. The molecule has 1 saturated carbocycles. The van der Waals surface area contributed by atoms with Crippen LogP contribution in [-0.4, -0.2) is 29.7 Å². The quantitative estimate of drug-likeness (QED) is 0.594. The van der Waals surface area contributed by atoms with Gasteiger partial charge in [-0.2, -0.15) is 0 Å². The van der Waals surface area contributed by atoms with Crippen LogP contribution >= 0.6 is 0 Å². The molecule has 1 fully saturated rings. The summed E-state index contributed by atoms with van der Waals surface area (Å²) < 4.78 is 0. The van der Waals surface area contributed by atoms with Gasteiger partial charge < -0.3 is 15.7 Å². The van der Waals surface area contributed by atoms with Crippen molar-refractivity contribution in [3.8, 4) is 0 Å². The van der Waals surface area contributed by atoms with Gasteiger partial charge in [-0.05, 0) is 26.2 Å². The second-order valence-corrected chi connectivity index (χ2v) is 4.34. The number of carbonyl (C=O) groups is 2. The molecular weight excluding hydrogens is 208 g/mol. The fourth-order valence-corrected chi connectivity index (χ4v) is 1.45. The Kier molecular flexibility index (Phi) is 3.93. The van der Waals surface area contributed by atoms with E-state index in [4.69, 9.17) is 5.11 Å². The summed E-state index contributed by atoms with van der Waals surface area (Å²) in [6.07, 6.45) is 3.71. The van der Waals surface area contributed by atoms with Gasteiger partial charge in [-0.25, -0.2) is 4.79 Å². The summed E-state index contributed by atoms with van der Waals surface area (Å²) >= 11 is 0. The van der Waals surface area contributed by atoms with Crippen molar-refractivity contribution in [1.82, 2.24) is 10.6 Å². The minimum Gasteiger partial charge on any atom is -0.481 e. The molecule has 0 heterocycles. The summed E-state index contributed by atoms with van der Waals surface area (Å²) in [5.41, 5.74) is -0.709. The van der Waals surface area contributed by atoms with Crippen LogP contribution in [0.5, 0.6) is 0 Å². The molecule has 0 bridgehead atoms. The molecule has 0 aromatic carbocycles. The van der Waals surface area contributed by atoms with Crippen molar-refractivity contribution in [2.24, 2.45) is 5.41 Å². The first-order valence-electron chi connectivity index (χ1n) is 5.39. The van der Waals surface area contributed by atoms with Gasteiger partial charge in [0, 0.05) is 12.6 Å². The topological polar surface area (TPSA) is 78.4 Å². The van der Waals surface area contributed by atoms with E-state index in [0.29, 0.717) is 19.3 Å². The third kappa shape index (κ3) is 3.25. The van der Waals surface area contributed by atoms with Gasteiger partial charge in [0.25, 0.3) is 0 Å². The predicted molar refractivity (Wildman–Crippen MR) is 60.1 cm³/mol. The smallest absolute Gasteiger partial charge is 0.315 e. The van der Waals surface area contributed by atoms with E-state index in [-0.39, 0.29) is 18.6 Å². The lowest BCUT2D eigenvalue weighted by Gasteiger charge is -2.15. The van der Waals surface area contributed by atoms with E-state index >= 15 is 0 Å². The molecule has 1 unspecified atom stereocenters. The zero-order chi connectivity index (χ0) is 12.2. The summed E-state index contributed by atoms with van der Waals surface area (Å²) in [5, 5.41) is 14.2. The van der Waals surface area contributed by atoms with E-state index < -0.39 is 11.4 Å². The Labute approximate surface area is 94.9 Å². The summed E-state index contributed by atoms with van der Waals surface area (Å²) in [6.45, 7) is 5.65. The third-order valence-corrected chi connectivity index (χ3v) is 2.79. The number of carboxylic acid groups (broad SMARTS) is 1. The maximum Gasteiger partial charge on any atom is 0.315 e. The highest BCUT2D eigenvalue weighted by molar-refractivity contribution is 5.80. The lowest BCUT2D eigenvalue weighted by molar-refractivity contribution is -0.143. The number of carboxylic acids is 1. The zero-order valence-electron chi connectivity index (χ0n) is 9.45. The second-order valence-electron chi connectivity index (χ2n) is 4.34. The molecule has 5 heteroatoms. The fourth-order valence-electron chi connectivity index (χ4n) is 1.45. The molecule has 16 heavy (non-hydrogen) atoms. The van der Waals surface area contributed by atoms with Crippen LogP contribution in [0.3, 0.4) is 0 Å². The van der Waals surface area contributed by atoms with Gasteiger partial charge in [0.2, 0.25) is 0 Å². The van der Waals surface area contributed by atoms with E-state index in [2.05, 4.69) is 17.2 Å². The van der Waals surface area contributed by atoms with Crippen molar-refractivity contribution in [2.45, 2.75) is 32.2 Å². The van der Waals surface area contributed by atoms with Crippen LogP contribution in [0.2, 0.25) is 0 Å². The third-order valence-electron chi connectivity index (χ3n) is 2.79. The van der Waals surface area contributed by atoms with Gasteiger partial charge in [0.15, 0.2) is 0 Å². The van der Waals surface area contributed by atoms with E-state index in [9.17, 15) is 9.59 Å². The molecule has 0 spiro atoms. The molecule has 1 aliphatic rings. The zero-order valence-corrected chi connectivity index (χ0v) is 9.45. The molecule has 90 valence electrons. The van der Waals surface area contributed by atoms with Gasteiger partial charge >= 0.3 is 12.0 Å². The van der Waals surface area contributed by atoms with Crippen LogP contribution in [0.25, 0.3) is 0 Å². The number of aliphatic carboxylic acids is 1. The van der Waals surface area contributed by atoms with E-state index in [0.717, 1.165) is 0 Å². The Hall–Kier alpha value is -1.52. The van der Waals surface area contributed by atoms with Crippen molar-refractivity contribution in [3.05, 3.63) is 12.7 Å². The highest BCUT2D eigenvalue weighted by Gasteiger charge is 2.50. The van der Waals surface area contributed by atoms with Gasteiger partial charge in [0.1, 0.15) is 0 Å². The van der Waals surface area contributed by atoms with Crippen LogP contribution in [0, 0.1) is 5.41 Å². The maximum atomic E-state index is 11.4. The number of nitrogens with one attached hydrogen (secondary N) is 2. The first kappa shape index (κ1) is 12.5. The van der Waals surface area contributed by atoms with Gasteiger partial charge in [-0.1, -0.05) is 6.08 Å². The molecule has 1 atom stereocenters. The van der Waals surface area contributed by atoms with Crippen LogP contribution in [-0.2, 0) is 4.79 Å². The van der Waals surface area contributed by atoms with E-state index in [1.807, 2.05) is 6.92 Å². The van der Waals surface area contributed by atoms with Crippen molar-refractivity contribution >= 4 is 12.0 Å². The number of urea groups is 1. The maximum absolute atomic E-state index is 11.4. The predicted octanol–water partition coefficient (Wildman–Crippen LogP) is 1.11. The molecule has 1 aliphatic carbocycles. The summed E-state index contributed by atoms with van der Waals surface area (Å²) in [4.78, 5) is 22.2. The van der Waals surface area contributed by atoms with Crippen LogP contribution < -0.4 is 10.6 Å². The first-order chi connectivity index (χ1) is 7.50. The SMILES string of the molecule is C=CCC(C)NC(=O)NCC1(C(=O)O)CC1. The Bertz CT molecular complexity index is 298. The van der Waals surface area contributed by atoms with Gasteiger partial charge in [0.05, 0.1) is 5.41 Å². The second kappa shape index (κ2) is 5.01. The summed E-state index contributed by atoms with van der Waals surface area (Å²) in [7, 11) is 0. The van der Waals surface area contributed by atoms with Crippen LogP contribution in [0.15, 0.2) is 12.7 Å². The Balaban J connectivity index is 2.25. The number of hydrogen-bond donors (Lipinski definition) is 3. The molecule has 0 radical (unpaired) electrons. The minimum atomic E-state index is -0.827. The lowest BCUT2D eigenvalue weighted by atomic mass is 10.1. The highest BCUT2D eigenvalue weighted by atomic mass is 16.4. The molecular formula is C11H18N2O3. The highest BCUT2D eigenvalue weighted by Crippen LogP contribution is 2.45. The van der Waals surface area contributed by atoms with E-state index in [1.165, 1.54) is 0 Å². The molecule has 5 nitrogen and oxygen atoms in total. The standard InChI is InChI=1S/C11H18N2O3/c1-3-4-8(2)13-10(16)12-7-11(5-6-11)9(14)15/h3,8H,1,4-7H2,2H3,(H,14,15)(H2,12,13,16). The fraction of sp³-hybridized carbons (Fsp3) is 0.636. The van der Waals surface area contributed by atoms with Crippen molar-refractivity contribution in [1.29, 1.82) is 0 Å². The number of hydrogen-bond acceptors (Lipinski definition) is 2. The van der Waals surface area contributed by atoms with Gasteiger partial charge in [-0.3, -0.25) is 4.79 Å². The molecule has 0 aromatic rings. The first-order valence-corrected chi connectivity index (χ1v) is 5.39. The normalized spacial score (nSPS) is 18.3. The molecule has 0 aromatic heterocycles. The van der Waals surface area contributed by atoms with Crippen molar-refractivity contribution < 1.29 is 14.7 Å². The number of amides is 2. The average Bonchev–Trinajstić information content (AvgIpc) is 2.95. The summed E-state index contributed by atoms with van der Waals surface area (Å²) in [6, 6.07) is -0.306. The lowest BCUT2D eigenvalue weighted by Crippen LogP contribution is -2.43. The van der Waals surface area contributed by atoms with Gasteiger partial charge in [-0.15, -0.1) is 6.58 Å². The van der Waals surface area contributed by atoms with Crippen molar-refractivity contribution in [2.75, 3.05) is 6.54 Å². The van der Waals surface area contributed by atoms with Crippen molar-refractivity contribution in [3.63, 3.8) is 0 Å². The Morgan fingerprint density at radius 1 is 1.56 bits per heavy atom. The molecule has 3 N–H and O–H groups in total. The minimum absolute atomic E-state index is 0.0116. The molecule has 0 aliphatic heterocycles. The number of carbonyl (C=O) groups excluding carboxylic acids is 1. The molecule has 0 saturated heterocycles. The monoisotopic (exact) mass is 226 g/mol.